The number of aliphatic hydroxyl groups excluding tert-OH is 1. The van der Waals surface area contributed by atoms with Gasteiger partial charge in [-0.15, -0.1) is 16.4 Å². The van der Waals surface area contributed by atoms with Crippen LogP contribution < -0.4 is 5.73 Å². The molecule has 7 heteroatoms. The minimum atomic E-state index is -0.455. The highest BCUT2D eigenvalue weighted by molar-refractivity contribution is 7.21. The summed E-state index contributed by atoms with van der Waals surface area (Å²) in [6.45, 7) is 0. The van der Waals surface area contributed by atoms with E-state index < -0.39 is 6.10 Å². The molecule has 3 N–H and O–H groups in total. The van der Waals surface area contributed by atoms with Gasteiger partial charge in [0.25, 0.3) is 5.91 Å². The van der Waals surface area contributed by atoms with Crippen LogP contribution in [-0.4, -0.2) is 45.3 Å². The molecule has 0 bridgehead atoms. The number of nitrogen functional groups attached to an aromatic ring is 1. The van der Waals surface area contributed by atoms with E-state index in [0.717, 1.165) is 31.1 Å². The second-order valence-corrected chi connectivity index (χ2v) is 6.43. The van der Waals surface area contributed by atoms with E-state index in [0.29, 0.717) is 15.4 Å². The predicted molar refractivity (Wildman–Crippen MR) is 82.2 cm³/mol. The molecule has 2 atom stereocenters. The van der Waals surface area contributed by atoms with E-state index in [1.165, 1.54) is 11.3 Å². The molecule has 0 radical (unpaired) electrons. The van der Waals surface area contributed by atoms with Crippen LogP contribution in [0.4, 0.5) is 5.69 Å². The first-order chi connectivity index (χ1) is 10.1. The van der Waals surface area contributed by atoms with Crippen molar-refractivity contribution < 1.29 is 9.90 Å². The molecule has 3 rings (SSSR count). The number of nitrogens with zero attached hydrogens (tertiary/aromatic N) is 3. The van der Waals surface area contributed by atoms with E-state index in [4.69, 9.17) is 5.73 Å². The van der Waals surface area contributed by atoms with Crippen LogP contribution >= 0.6 is 11.3 Å². The van der Waals surface area contributed by atoms with Crippen LogP contribution in [0.25, 0.3) is 10.2 Å². The normalized spacial score (nSPS) is 22.4. The Bertz CT molecular complexity index is 672. The van der Waals surface area contributed by atoms with Crippen molar-refractivity contribution in [3.63, 3.8) is 0 Å². The Morgan fingerprint density at radius 2 is 2.24 bits per heavy atom. The first-order valence-corrected chi connectivity index (χ1v) is 7.86. The number of hydrogen-bond acceptors (Lipinski definition) is 6. The van der Waals surface area contributed by atoms with Crippen molar-refractivity contribution in [2.45, 2.75) is 37.8 Å². The Hall–Kier alpha value is -1.73. The number of carbonyl (C=O) groups excluding carboxylic acids is 1. The van der Waals surface area contributed by atoms with Gasteiger partial charge >= 0.3 is 0 Å². The van der Waals surface area contributed by atoms with Gasteiger partial charge < -0.3 is 15.7 Å². The summed E-state index contributed by atoms with van der Waals surface area (Å²) in [6.07, 6.45) is 4.73. The molecular formula is C14H18N4O2S. The maximum absolute atomic E-state index is 12.7. The van der Waals surface area contributed by atoms with E-state index >= 15 is 0 Å². The fraction of sp³-hybridized carbons (Fsp3) is 0.500. The molecule has 6 nitrogen and oxygen atoms in total. The van der Waals surface area contributed by atoms with Crippen molar-refractivity contribution in [1.82, 2.24) is 15.1 Å². The highest BCUT2D eigenvalue weighted by atomic mass is 32.1. The van der Waals surface area contributed by atoms with Gasteiger partial charge in [0.1, 0.15) is 9.71 Å². The number of anilines is 1. The third-order valence-corrected chi connectivity index (χ3v) is 5.22. The van der Waals surface area contributed by atoms with Crippen LogP contribution in [0.2, 0.25) is 0 Å². The molecule has 2 heterocycles. The zero-order valence-electron chi connectivity index (χ0n) is 11.8. The third kappa shape index (κ3) is 2.47. The van der Waals surface area contributed by atoms with E-state index in [1.807, 2.05) is 0 Å². The van der Waals surface area contributed by atoms with Gasteiger partial charge in [-0.2, -0.15) is 5.10 Å². The average Bonchev–Trinajstić information content (AvgIpc) is 2.84. The molecule has 2 aromatic rings. The average molecular weight is 306 g/mol. The molecule has 1 aliphatic carbocycles. The number of likely N-dealkylation sites (N-methyl/N-ethyl adjacent to an activating group) is 1. The predicted octanol–water partition coefficient (Wildman–Crippen LogP) is 1.65. The Kier molecular flexibility index (Phi) is 3.77. The number of aromatic nitrogens is 2. The summed E-state index contributed by atoms with van der Waals surface area (Å²) in [5.41, 5.74) is 6.53. The monoisotopic (exact) mass is 306 g/mol. The van der Waals surface area contributed by atoms with Gasteiger partial charge in [-0.3, -0.25) is 4.79 Å². The molecule has 0 spiro atoms. The second-order valence-electron chi connectivity index (χ2n) is 5.43. The number of hydrogen-bond donors (Lipinski definition) is 2. The van der Waals surface area contributed by atoms with E-state index in [-0.39, 0.29) is 11.9 Å². The molecule has 112 valence electrons. The number of aliphatic hydroxyl groups is 1. The molecule has 1 amide bonds. The van der Waals surface area contributed by atoms with Crippen molar-refractivity contribution in [3.8, 4) is 0 Å². The third-order valence-electron chi connectivity index (χ3n) is 4.13. The quantitative estimate of drug-likeness (QED) is 0.880. The van der Waals surface area contributed by atoms with Crippen molar-refractivity contribution in [3.05, 3.63) is 17.1 Å². The number of fused-ring (bicyclic) bond motifs is 1. The summed E-state index contributed by atoms with van der Waals surface area (Å²) in [4.78, 5) is 15.4. The lowest BCUT2D eigenvalue weighted by Gasteiger charge is -2.35. The van der Waals surface area contributed by atoms with Crippen LogP contribution in [0.3, 0.4) is 0 Å². The van der Waals surface area contributed by atoms with Crippen LogP contribution in [0.1, 0.15) is 35.4 Å². The van der Waals surface area contributed by atoms with Crippen molar-refractivity contribution in [2.24, 2.45) is 0 Å². The fourth-order valence-electron chi connectivity index (χ4n) is 2.89. The van der Waals surface area contributed by atoms with Gasteiger partial charge in [0.15, 0.2) is 0 Å². The summed E-state index contributed by atoms with van der Waals surface area (Å²) >= 11 is 1.25. The molecule has 0 saturated heterocycles. The van der Waals surface area contributed by atoms with Gasteiger partial charge in [-0.25, -0.2) is 0 Å². The minimum absolute atomic E-state index is 0.137. The Labute approximate surface area is 126 Å². The highest BCUT2D eigenvalue weighted by Gasteiger charge is 2.31. The summed E-state index contributed by atoms with van der Waals surface area (Å²) in [7, 11) is 1.73. The maximum atomic E-state index is 12.7. The molecule has 21 heavy (non-hydrogen) atoms. The largest absolute Gasteiger partial charge is 0.397 e. The lowest BCUT2D eigenvalue weighted by atomic mass is 9.91. The van der Waals surface area contributed by atoms with Crippen molar-refractivity contribution in [2.75, 3.05) is 12.8 Å². The number of amides is 1. The highest BCUT2D eigenvalue weighted by Crippen LogP contribution is 2.33. The van der Waals surface area contributed by atoms with Crippen LogP contribution in [-0.2, 0) is 0 Å². The number of thiophene rings is 1. The van der Waals surface area contributed by atoms with E-state index in [2.05, 4.69) is 10.2 Å². The van der Waals surface area contributed by atoms with E-state index in [9.17, 15) is 9.90 Å². The maximum Gasteiger partial charge on any atom is 0.266 e. The lowest BCUT2D eigenvalue weighted by Crippen LogP contribution is -2.46. The van der Waals surface area contributed by atoms with Crippen molar-refractivity contribution in [1.29, 1.82) is 0 Å². The summed E-state index contributed by atoms with van der Waals surface area (Å²) in [5, 5.41) is 18.7. The van der Waals surface area contributed by atoms with Crippen LogP contribution in [0.15, 0.2) is 12.3 Å². The van der Waals surface area contributed by atoms with Gasteiger partial charge in [-0.05, 0) is 18.9 Å². The standard InChI is InChI=1S/C14H18N4O2S/c1-18(9-4-2-3-5-10(9)19)14(20)12-11(15)8-6-7-16-17-13(8)21-12/h6-7,9-10,19H,2-5,15H2,1H3. The first-order valence-electron chi connectivity index (χ1n) is 7.04. The molecular weight excluding hydrogens is 288 g/mol. The van der Waals surface area contributed by atoms with Crippen molar-refractivity contribution >= 4 is 33.1 Å². The van der Waals surface area contributed by atoms with Gasteiger partial charge in [0.2, 0.25) is 0 Å². The first kappa shape index (κ1) is 14.2. The Balaban J connectivity index is 1.91. The summed E-state index contributed by atoms with van der Waals surface area (Å²) in [5.74, 6) is -0.151. The number of carbonyl (C=O) groups is 1. The number of nitrogens with two attached hydrogens (primary N) is 1. The van der Waals surface area contributed by atoms with Crippen LogP contribution in [0.5, 0.6) is 0 Å². The smallest absolute Gasteiger partial charge is 0.266 e. The molecule has 2 unspecified atom stereocenters. The minimum Gasteiger partial charge on any atom is -0.397 e. The fourth-order valence-corrected chi connectivity index (χ4v) is 3.91. The SMILES string of the molecule is CN(C(=O)c1sc2nnccc2c1N)C1CCCCC1O. The van der Waals surface area contributed by atoms with Gasteiger partial charge in [0, 0.05) is 12.4 Å². The molecule has 0 aliphatic heterocycles. The lowest BCUT2D eigenvalue weighted by molar-refractivity contribution is 0.0271. The molecule has 2 aromatic heterocycles. The molecule has 1 aliphatic rings. The van der Waals surface area contributed by atoms with Gasteiger partial charge in [0.05, 0.1) is 24.0 Å². The summed E-state index contributed by atoms with van der Waals surface area (Å²) in [6, 6.07) is 1.63. The number of rotatable bonds is 2. The summed E-state index contributed by atoms with van der Waals surface area (Å²) < 4.78 is 0. The Morgan fingerprint density at radius 1 is 1.48 bits per heavy atom. The van der Waals surface area contributed by atoms with Crippen LogP contribution in [0, 0.1) is 0 Å². The van der Waals surface area contributed by atoms with Gasteiger partial charge in [-0.1, -0.05) is 12.8 Å². The Morgan fingerprint density at radius 3 is 2.95 bits per heavy atom. The molecule has 1 saturated carbocycles. The zero-order valence-corrected chi connectivity index (χ0v) is 12.6. The second kappa shape index (κ2) is 5.57. The van der Waals surface area contributed by atoms with E-state index in [1.54, 1.807) is 24.2 Å². The zero-order chi connectivity index (χ0) is 15.0. The molecule has 1 fully saturated rings. The topological polar surface area (TPSA) is 92.3 Å². The molecule has 0 aromatic carbocycles.